The largest absolute Gasteiger partial charge is 0.253 e. The van der Waals surface area contributed by atoms with Crippen molar-refractivity contribution in [2.24, 2.45) is 0 Å². The Balaban J connectivity index is 3.54. The predicted octanol–water partition coefficient (Wildman–Crippen LogP) is 2.43. The molecule has 7 heavy (non-hydrogen) atoms. The van der Waals surface area contributed by atoms with Gasteiger partial charge in [-0.05, 0) is 13.8 Å². The molecule has 0 radical (unpaired) electrons. The highest BCUT2D eigenvalue weighted by Crippen LogP contribution is 2.23. The third kappa shape index (κ3) is 2.97. The van der Waals surface area contributed by atoms with E-state index in [0.717, 1.165) is 0 Å². The van der Waals surface area contributed by atoms with Crippen LogP contribution >= 0.6 is 15.9 Å². The molecule has 0 nitrogen and oxygen atoms in total. The van der Waals surface area contributed by atoms with Crippen molar-refractivity contribution in [3.8, 4) is 0 Å². The van der Waals surface area contributed by atoms with Crippen molar-refractivity contribution in [1.82, 2.24) is 0 Å². The Morgan fingerprint density at radius 2 is 1.57 bits per heavy atom. The van der Waals surface area contributed by atoms with Gasteiger partial charge in [-0.2, -0.15) is 0 Å². The minimum absolute atomic E-state index is 1.02. The molecule has 0 aliphatic rings. The van der Waals surface area contributed by atoms with E-state index in [0.29, 0.717) is 0 Å². The average Bonchev–Trinajstić information content (AvgIpc) is 1.31. The number of rotatable bonds is 1. The van der Waals surface area contributed by atoms with E-state index in [1.165, 1.54) is 13.8 Å². The van der Waals surface area contributed by atoms with Crippen molar-refractivity contribution in [3.05, 3.63) is 0 Å². The molecule has 0 spiro atoms. The standard InChI is InChI=1S/C4H7BrF2/c1-4(2,5)3(6)7/h3H,1-2H3. The molecule has 0 amide bonds. The summed E-state index contributed by atoms with van der Waals surface area (Å²) in [4.78, 5) is 0. The van der Waals surface area contributed by atoms with Gasteiger partial charge in [0.2, 0.25) is 0 Å². The third-order valence-electron chi connectivity index (χ3n) is 0.519. The molecule has 0 heterocycles. The van der Waals surface area contributed by atoms with Crippen LogP contribution < -0.4 is 0 Å². The van der Waals surface area contributed by atoms with Crippen molar-refractivity contribution in [2.45, 2.75) is 24.6 Å². The maximum Gasteiger partial charge on any atom is 0.253 e. The maximum atomic E-state index is 11.5. The summed E-state index contributed by atoms with van der Waals surface area (Å²) in [5.41, 5.74) is 0. The highest BCUT2D eigenvalue weighted by molar-refractivity contribution is 9.10. The Labute approximate surface area is 50.0 Å². The predicted molar refractivity (Wildman–Crippen MR) is 29.0 cm³/mol. The monoisotopic (exact) mass is 172 g/mol. The Morgan fingerprint density at radius 1 is 1.43 bits per heavy atom. The van der Waals surface area contributed by atoms with Crippen LogP contribution in [0.4, 0.5) is 8.78 Å². The van der Waals surface area contributed by atoms with Gasteiger partial charge in [0.25, 0.3) is 6.43 Å². The van der Waals surface area contributed by atoms with Crippen LogP contribution in [0.2, 0.25) is 0 Å². The zero-order valence-corrected chi connectivity index (χ0v) is 5.80. The van der Waals surface area contributed by atoms with E-state index in [9.17, 15) is 8.78 Å². The van der Waals surface area contributed by atoms with E-state index in [-0.39, 0.29) is 0 Å². The third-order valence-corrected chi connectivity index (χ3v) is 0.865. The first-order valence-electron chi connectivity index (χ1n) is 1.91. The minimum Gasteiger partial charge on any atom is -0.209 e. The summed E-state index contributed by atoms with van der Waals surface area (Å²) < 4.78 is 22.0. The van der Waals surface area contributed by atoms with Gasteiger partial charge in [0.15, 0.2) is 0 Å². The molecule has 0 aromatic carbocycles. The summed E-state index contributed by atoms with van der Waals surface area (Å²) >= 11 is 2.79. The molecule has 0 unspecified atom stereocenters. The molecule has 0 aliphatic carbocycles. The maximum absolute atomic E-state index is 11.5. The van der Waals surface area contributed by atoms with Gasteiger partial charge in [-0.1, -0.05) is 15.9 Å². The van der Waals surface area contributed by atoms with Crippen LogP contribution in [0.1, 0.15) is 13.8 Å². The second kappa shape index (κ2) is 2.07. The zero-order valence-electron chi connectivity index (χ0n) is 4.21. The summed E-state index contributed by atoms with van der Waals surface area (Å²) in [5.74, 6) is 0. The molecule has 0 aromatic rings. The van der Waals surface area contributed by atoms with Gasteiger partial charge in [0.1, 0.15) is 0 Å². The van der Waals surface area contributed by atoms with Crippen LogP contribution in [-0.4, -0.2) is 10.7 Å². The lowest BCUT2D eigenvalue weighted by Crippen LogP contribution is -2.20. The van der Waals surface area contributed by atoms with Gasteiger partial charge in [0, 0.05) is 0 Å². The van der Waals surface area contributed by atoms with Gasteiger partial charge in [-0.15, -0.1) is 0 Å². The topological polar surface area (TPSA) is 0 Å². The molecule has 0 atom stereocenters. The van der Waals surface area contributed by atoms with Gasteiger partial charge in [-0.25, -0.2) is 8.78 Å². The fourth-order valence-corrected chi connectivity index (χ4v) is 0. The van der Waals surface area contributed by atoms with Gasteiger partial charge in [0.05, 0.1) is 4.32 Å². The molecule has 0 saturated heterocycles. The molecule has 0 saturated carbocycles. The Bertz CT molecular complexity index is 55.2. The molecule has 0 aliphatic heterocycles. The lowest BCUT2D eigenvalue weighted by atomic mass is 10.2. The second-order valence-electron chi connectivity index (χ2n) is 1.87. The van der Waals surface area contributed by atoms with E-state index in [1.54, 1.807) is 0 Å². The van der Waals surface area contributed by atoms with Gasteiger partial charge < -0.3 is 0 Å². The molecule has 0 fully saturated rings. The fraction of sp³-hybridized carbons (Fsp3) is 1.00. The SMILES string of the molecule is CC(C)(Br)C(F)F. The van der Waals surface area contributed by atoms with Crippen LogP contribution in [0, 0.1) is 0 Å². The number of alkyl halides is 3. The fourth-order valence-electron chi connectivity index (χ4n) is 0. The summed E-state index contributed by atoms with van der Waals surface area (Å²) in [5, 5.41) is 0. The van der Waals surface area contributed by atoms with Crippen molar-refractivity contribution in [3.63, 3.8) is 0 Å². The highest BCUT2D eigenvalue weighted by atomic mass is 79.9. The van der Waals surface area contributed by atoms with Crippen LogP contribution in [0.15, 0.2) is 0 Å². The number of hydrogen-bond acceptors (Lipinski definition) is 0. The smallest absolute Gasteiger partial charge is 0.209 e. The van der Waals surface area contributed by atoms with Crippen molar-refractivity contribution >= 4 is 15.9 Å². The lowest BCUT2D eigenvalue weighted by Gasteiger charge is -2.12. The zero-order chi connectivity index (χ0) is 6.08. The van der Waals surface area contributed by atoms with E-state index in [2.05, 4.69) is 15.9 Å². The Kier molecular flexibility index (Phi) is 2.17. The molecule has 3 heteroatoms. The molecular weight excluding hydrogens is 166 g/mol. The Morgan fingerprint density at radius 3 is 1.57 bits per heavy atom. The van der Waals surface area contributed by atoms with E-state index >= 15 is 0 Å². The quantitative estimate of drug-likeness (QED) is 0.534. The average molecular weight is 173 g/mol. The van der Waals surface area contributed by atoms with Crippen LogP contribution in [0.5, 0.6) is 0 Å². The van der Waals surface area contributed by atoms with Gasteiger partial charge >= 0.3 is 0 Å². The molecule has 0 rings (SSSR count). The summed E-state index contributed by atoms with van der Waals surface area (Å²) in [6, 6.07) is 0. The molecule has 44 valence electrons. The normalized spacial score (nSPS) is 12.9. The number of halogens is 3. The summed E-state index contributed by atoms with van der Waals surface area (Å²) in [6.45, 7) is 2.86. The van der Waals surface area contributed by atoms with Crippen molar-refractivity contribution < 1.29 is 8.78 Å². The molecule has 0 N–H and O–H groups in total. The first-order valence-corrected chi connectivity index (χ1v) is 2.71. The van der Waals surface area contributed by atoms with E-state index in [1.807, 2.05) is 0 Å². The molecule has 0 aromatic heterocycles. The minimum atomic E-state index is -2.28. The molecular formula is C4H7BrF2. The van der Waals surface area contributed by atoms with Crippen LogP contribution in [0.3, 0.4) is 0 Å². The van der Waals surface area contributed by atoms with Crippen LogP contribution in [0.25, 0.3) is 0 Å². The van der Waals surface area contributed by atoms with Crippen molar-refractivity contribution in [1.29, 1.82) is 0 Å². The van der Waals surface area contributed by atoms with E-state index in [4.69, 9.17) is 0 Å². The summed E-state index contributed by atoms with van der Waals surface area (Å²) in [6.07, 6.45) is -2.28. The van der Waals surface area contributed by atoms with Crippen molar-refractivity contribution in [2.75, 3.05) is 0 Å². The van der Waals surface area contributed by atoms with Crippen LogP contribution in [-0.2, 0) is 0 Å². The lowest BCUT2D eigenvalue weighted by molar-refractivity contribution is 0.116. The second-order valence-corrected chi connectivity index (χ2v) is 3.91. The Hall–Kier alpha value is 0.340. The molecule has 0 bridgehead atoms. The van der Waals surface area contributed by atoms with E-state index < -0.39 is 10.7 Å². The first-order chi connectivity index (χ1) is 2.94. The first kappa shape index (κ1) is 7.34. The number of hydrogen-bond donors (Lipinski definition) is 0. The summed E-state index contributed by atoms with van der Waals surface area (Å²) in [7, 11) is 0. The highest BCUT2D eigenvalue weighted by Gasteiger charge is 2.24. The van der Waals surface area contributed by atoms with Gasteiger partial charge in [-0.3, -0.25) is 0 Å².